The van der Waals surface area contributed by atoms with E-state index in [9.17, 15) is 10.1 Å². The zero-order valence-corrected chi connectivity index (χ0v) is 19.9. The zero-order valence-electron chi connectivity index (χ0n) is 19.9. The molecule has 2 saturated carbocycles. The van der Waals surface area contributed by atoms with E-state index in [1.165, 1.54) is 12.5 Å². The Morgan fingerprint density at radius 3 is 2.64 bits per heavy atom. The highest BCUT2D eigenvalue weighted by Crippen LogP contribution is 2.43. The summed E-state index contributed by atoms with van der Waals surface area (Å²) in [7, 11) is 0. The fourth-order valence-corrected chi connectivity index (χ4v) is 4.83. The maximum Gasteiger partial charge on any atom is 0.411 e. The smallest absolute Gasteiger partial charge is 0.411 e. The first-order chi connectivity index (χ1) is 17.6. The van der Waals surface area contributed by atoms with Crippen molar-refractivity contribution in [3.63, 3.8) is 0 Å². The van der Waals surface area contributed by atoms with E-state index in [4.69, 9.17) is 13.9 Å². The van der Waals surface area contributed by atoms with Crippen LogP contribution in [0.3, 0.4) is 0 Å². The number of anilines is 1. The molecule has 0 radical (unpaired) electrons. The van der Waals surface area contributed by atoms with Crippen LogP contribution < -0.4 is 10.1 Å². The topological polar surface area (TPSA) is 102 Å². The standard InChI is InChI=1S/C28H26N4O4/c1-17(18-5-6-18)35-27(33)31-20-9-7-19(8-10-20)26-24(16-29)23-12-11-22(36-28-30-13-14-34-28)15-25(23)32(26)21-3-2-4-21/h7-15,17-18,21H,2-6H2,1H3,(H,31,33). The molecule has 2 aromatic carbocycles. The molecule has 8 nitrogen and oxygen atoms in total. The van der Waals surface area contributed by atoms with Gasteiger partial charge in [0.25, 0.3) is 0 Å². The zero-order chi connectivity index (χ0) is 24.6. The van der Waals surface area contributed by atoms with Gasteiger partial charge in [0.15, 0.2) is 0 Å². The van der Waals surface area contributed by atoms with Crippen molar-refractivity contribution in [1.29, 1.82) is 5.26 Å². The van der Waals surface area contributed by atoms with Crippen molar-refractivity contribution in [2.75, 3.05) is 5.32 Å². The second-order valence-electron chi connectivity index (χ2n) is 9.52. The number of nitriles is 1. The first-order valence-electron chi connectivity index (χ1n) is 12.3. The summed E-state index contributed by atoms with van der Waals surface area (Å²) >= 11 is 0. The first kappa shape index (κ1) is 22.2. The SMILES string of the molecule is CC(OC(=O)Nc1ccc(-c2c(C#N)c3ccc(Oc4ncco4)cc3n2C2CCC2)cc1)C1CC1. The van der Waals surface area contributed by atoms with E-state index in [2.05, 4.69) is 20.9 Å². The van der Waals surface area contributed by atoms with Crippen LogP contribution in [-0.2, 0) is 4.74 Å². The van der Waals surface area contributed by atoms with Gasteiger partial charge in [-0.15, -0.1) is 0 Å². The number of hydrogen-bond donors (Lipinski definition) is 1. The molecule has 6 rings (SSSR count). The van der Waals surface area contributed by atoms with Crippen molar-refractivity contribution in [2.45, 2.75) is 51.2 Å². The summed E-state index contributed by atoms with van der Waals surface area (Å²) in [4.78, 5) is 16.3. The van der Waals surface area contributed by atoms with Crippen LogP contribution in [0, 0.1) is 17.2 Å². The van der Waals surface area contributed by atoms with E-state index in [1.807, 2.05) is 49.4 Å². The van der Waals surface area contributed by atoms with E-state index in [0.717, 1.165) is 54.3 Å². The Kier molecular flexibility index (Phi) is 5.61. The maximum absolute atomic E-state index is 12.3. The van der Waals surface area contributed by atoms with Crippen LogP contribution in [0.2, 0.25) is 0 Å². The molecule has 1 unspecified atom stereocenters. The summed E-state index contributed by atoms with van der Waals surface area (Å²) in [6.07, 6.45) is 8.15. The number of carbonyl (C=O) groups excluding carboxylic acids is 1. The highest BCUT2D eigenvalue weighted by Gasteiger charge is 2.31. The molecule has 1 amide bonds. The summed E-state index contributed by atoms with van der Waals surface area (Å²) in [5.74, 6) is 1.08. The molecular formula is C28H26N4O4. The van der Waals surface area contributed by atoms with Crippen molar-refractivity contribution < 1.29 is 18.7 Å². The lowest BCUT2D eigenvalue weighted by atomic mass is 9.92. The Labute approximate surface area is 208 Å². The van der Waals surface area contributed by atoms with Gasteiger partial charge in [-0.25, -0.2) is 4.79 Å². The molecule has 0 spiro atoms. The number of benzene rings is 2. The van der Waals surface area contributed by atoms with E-state index in [-0.39, 0.29) is 12.2 Å². The third-order valence-electron chi connectivity index (χ3n) is 7.13. The molecule has 182 valence electrons. The molecule has 2 aliphatic carbocycles. The molecule has 0 bridgehead atoms. The predicted molar refractivity (Wildman–Crippen MR) is 134 cm³/mol. The third-order valence-corrected chi connectivity index (χ3v) is 7.13. The normalized spacial score (nSPS) is 16.2. The van der Waals surface area contributed by atoms with Gasteiger partial charge >= 0.3 is 12.2 Å². The largest absolute Gasteiger partial charge is 0.446 e. The number of ether oxygens (including phenoxy) is 2. The minimum absolute atomic E-state index is 0.0712. The van der Waals surface area contributed by atoms with Crippen LogP contribution in [0.5, 0.6) is 11.8 Å². The van der Waals surface area contributed by atoms with Crippen LogP contribution in [0.4, 0.5) is 10.5 Å². The number of nitrogens with zero attached hydrogens (tertiary/aromatic N) is 3. The molecule has 1 N–H and O–H groups in total. The summed E-state index contributed by atoms with van der Waals surface area (Å²) in [6, 6.07) is 16.0. The molecule has 2 aromatic heterocycles. The van der Waals surface area contributed by atoms with Crippen molar-refractivity contribution >= 4 is 22.7 Å². The van der Waals surface area contributed by atoms with Crippen LogP contribution in [-0.4, -0.2) is 21.7 Å². The van der Waals surface area contributed by atoms with Gasteiger partial charge in [0, 0.05) is 23.2 Å². The number of rotatable bonds is 7. The average molecular weight is 483 g/mol. The molecule has 2 aliphatic rings. The monoisotopic (exact) mass is 482 g/mol. The number of aromatic nitrogens is 2. The Hall–Kier alpha value is -4.25. The van der Waals surface area contributed by atoms with Crippen LogP contribution in [0.15, 0.2) is 59.3 Å². The number of carbonyl (C=O) groups is 1. The van der Waals surface area contributed by atoms with Crippen molar-refractivity contribution in [2.24, 2.45) is 5.92 Å². The molecule has 2 fully saturated rings. The molecular weight excluding hydrogens is 456 g/mol. The summed E-state index contributed by atoms with van der Waals surface area (Å²) < 4.78 is 18.7. The molecule has 2 heterocycles. The Balaban J connectivity index is 1.34. The second-order valence-corrected chi connectivity index (χ2v) is 9.52. The fraction of sp³-hybridized carbons (Fsp3) is 0.321. The van der Waals surface area contributed by atoms with Gasteiger partial charge in [0.2, 0.25) is 0 Å². The molecule has 8 heteroatoms. The van der Waals surface area contributed by atoms with Gasteiger partial charge in [0.1, 0.15) is 24.2 Å². The second kappa shape index (κ2) is 9.08. The van der Waals surface area contributed by atoms with Gasteiger partial charge < -0.3 is 18.5 Å². The van der Waals surface area contributed by atoms with Crippen molar-refractivity contribution in [3.05, 3.63) is 60.5 Å². The molecule has 1 atom stereocenters. The minimum atomic E-state index is -0.443. The molecule has 0 saturated heterocycles. The lowest BCUT2D eigenvalue weighted by Gasteiger charge is -2.30. The number of amides is 1. The van der Waals surface area contributed by atoms with Gasteiger partial charge in [0.05, 0.1) is 23.0 Å². The molecule has 0 aliphatic heterocycles. The van der Waals surface area contributed by atoms with Crippen molar-refractivity contribution in [3.8, 4) is 29.2 Å². The maximum atomic E-state index is 12.3. The Morgan fingerprint density at radius 2 is 2.00 bits per heavy atom. The number of fused-ring (bicyclic) bond motifs is 1. The van der Waals surface area contributed by atoms with E-state index >= 15 is 0 Å². The summed E-state index contributed by atoms with van der Waals surface area (Å²) in [5, 5.41) is 13.8. The van der Waals surface area contributed by atoms with E-state index < -0.39 is 6.09 Å². The molecule has 36 heavy (non-hydrogen) atoms. The van der Waals surface area contributed by atoms with Gasteiger partial charge in [-0.2, -0.15) is 10.2 Å². The van der Waals surface area contributed by atoms with Crippen molar-refractivity contribution in [1.82, 2.24) is 9.55 Å². The third kappa shape index (κ3) is 4.17. The summed E-state index contributed by atoms with van der Waals surface area (Å²) in [5.41, 5.74) is 4.00. The number of hydrogen-bond acceptors (Lipinski definition) is 6. The highest BCUT2D eigenvalue weighted by molar-refractivity contribution is 5.96. The fourth-order valence-electron chi connectivity index (χ4n) is 4.83. The first-order valence-corrected chi connectivity index (χ1v) is 12.3. The molecule has 4 aromatic rings. The van der Waals surface area contributed by atoms with Gasteiger partial charge in [-0.1, -0.05) is 12.1 Å². The average Bonchev–Trinajstić information content (AvgIpc) is 3.50. The van der Waals surface area contributed by atoms with Gasteiger partial charge in [-0.05, 0) is 74.8 Å². The minimum Gasteiger partial charge on any atom is -0.446 e. The van der Waals surface area contributed by atoms with E-state index in [0.29, 0.717) is 29.0 Å². The number of oxazole rings is 1. The van der Waals surface area contributed by atoms with Crippen LogP contribution in [0.25, 0.3) is 22.2 Å². The quantitative estimate of drug-likeness (QED) is 0.303. The summed E-state index contributed by atoms with van der Waals surface area (Å²) in [6.45, 7) is 1.94. The van der Waals surface area contributed by atoms with Gasteiger partial charge in [-0.3, -0.25) is 5.32 Å². The lowest BCUT2D eigenvalue weighted by molar-refractivity contribution is 0.108. The van der Waals surface area contributed by atoms with Crippen LogP contribution in [0.1, 0.15) is 50.6 Å². The predicted octanol–water partition coefficient (Wildman–Crippen LogP) is 7.03. The highest BCUT2D eigenvalue weighted by atomic mass is 16.6. The Morgan fingerprint density at radius 1 is 1.19 bits per heavy atom. The number of nitrogens with one attached hydrogen (secondary N) is 1. The van der Waals surface area contributed by atoms with Crippen LogP contribution >= 0.6 is 0 Å². The Bertz CT molecular complexity index is 1440. The lowest BCUT2D eigenvalue weighted by Crippen LogP contribution is -2.21. The van der Waals surface area contributed by atoms with E-state index in [1.54, 1.807) is 0 Å².